The molecule has 0 saturated heterocycles. The number of hydrogen-bond acceptors (Lipinski definition) is 2. The van der Waals surface area contributed by atoms with Crippen LogP contribution in [0, 0.1) is 0 Å². The molecule has 1 aromatic heterocycles. The summed E-state index contributed by atoms with van der Waals surface area (Å²) in [5.41, 5.74) is 2.85. The summed E-state index contributed by atoms with van der Waals surface area (Å²) in [5.74, 6) is 0.938. The molecule has 21 heavy (non-hydrogen) atoms. The van der Waals surface area contributed by atoms with Crippen molar-refractivity contribution in [3.05, 3.63) is 65.9 Å². The summed E-state index contributed by atoms with van der Waals surface area (Å²) in [5, 5.41) is 1.01. The molecule has 0 aliphatic heterocycles. The molecule has 1 heterocycles. The van der Waals surface area contributed by atoms with Gasteiger partial charge < -0.3 is 9.30 Å². The lowest BCUT2D eigenvalue weighted by atomic mass is 10.0. The van der Waals surface area contributed by atoms with E-state index in [0.29, 0.717) is 6.42 Å². The first-order valence-corrected chi connectivity index (χ1v) is 6.89. The Labute approximate surface area is 123 Å². The van der Waals surface area contributed by atoms with Crippen LogP contribution in [0.25, 0.3) is 10.9 Å². The van der Waals surface area contributed by atoms with Gasteiger partial charge in [-0.15, -0.1) is 0 Å². The number of methoxy groups -OCH3 is 1. The summed E-state index contributed by atoms with van der Waals surface area (Å²) >= 11 is 0. The Hall–Kier alpha value is -2.55. The van der Waals surface area contributed by atoms with Gasteiger partial charge in [-0.3, -0.25) is 4.79 Å². The molecule has 2 aromatic carbocycles. The predicted molar refractivity (Wildman–Crippen MR) is 83.9 cm³/mol. The number of ether oxygens (including phenoxy) is 1. The highest BCUT2D eigenvalue weighted by atomic mass is 16.5. The highest BCUT2D eigenvalue weighted by Gasteiger charge is 2.14. The SMILES string of the molecule is COc1ccc(CC(=O)c2cn(C)c3ccccc23)cc1. The van der Waals surface area contributed by atoms with Gasteiger partial charge in [0.2, 0.25) is 0 Å². The number of nitrogens with zero attached hydrogens (tertiary/aromatic N) is 1. The number of hydrogen-bond donors (Lipinski definition) is 0. The maximum atomic E-state index is 12.6. The summed E-state index contributed by atoms with van der Waals surface area (Å²) < 4.78 is 7.13. The van der Waals surface area contributed by atoms with E-state index in [2.05, 4.69) is 0 Å². The molecular weight excluding hydrogens is 262 g/mol. The maximum absolute atomic E-state index is 12.6. The molecule has 0 aliphatic carbocycles. The minimum atomic E-state index is 0.136. The van der Waals surface area contributed by atoms with Gasteiger partial charge in [0, 0.05) is 36.1 Å². The van der Waals surface area contributed by atoms with E-state index in [1.54, 1.807) is 7.11 Å². The predicted octanol–water partition coefficient (Wildman–Crippen LogP) is 3.61. The third-order valence-electron chi connectivity index (χ3n) is 3.72. The van der Waals surface area contributed by atoms with Gasteiger partial charge >= 0.3 is 0 Å². The Morgan fingerprint density at radius 3 is 2.52 bits per heavy atom. The van der Waals surface area contributed by atoms with Gasteiger partial charge in [-0.1, -0.05) is 30.3 Å². The molecule has 106 valence electrons. The normalized spacial score (nSPS) is 10.8. The number of aromatic nitrogens is 1. The van der Waals surface area contributed by atoms with E-state index in [1.165, 1.54) is 0 Å². The molecule has 3 aromatic rings. The van der Waals surface area contributed by atoms with Crippen LogP contribution in [-0.4, -0.2) is 17.5 Å². The highest BCUT2D eigenvalue weighted by molar-refractivity contribution is 6.08. The zero-order chi connectivity index (χ0) is 14.8. The minimum absolute atomic E-state index is 0.136. The topological polar surface area (TPSA) is 31.2 Å². The van der Waals surface area contributed by atoms with Crippen molar-refractivity contribution < 1.29 is 9.53 Å². The van der Waals surface area contributed by atoms with Gasteiger partial charge in [0.05, 0.1) is 7.11 Å². The third kappa shape index (κ3) is 2.55. The van der Waals surface area contributed by atoms with Crippen molar-refractivity contribution >= 4 is 16.7 Å². The van der Waals surface area contributed by atoms with E-state index < -0.39 is 0 Å². The fourth-order valence-electron chi connectivity index (χ4n) is 2.59. The average molecular weight is 279 g/mol. The van der Waals surface area contributed by atoms with Gasteiger partial charge in [0.15, 0.2) is 5.78 Å². The van der Waals surface area contributed by atoms with Gasteiger partial charge in [0.1, 0.15) is 5.75 Å². The highest BCUT2D eigenvalue weighted by Crippen LogP contribution is 2.22. The first-order valence-electron chi connectivity index (χ1n) is 6.89. The van der Waals surface area contributed by atoms with Crippen LogP contribution in [0.2, 0.25) is 0 Å². The fraction of sp³-hybridized carbons (Fsp3) is 0.167. The Kier molecular flexibility index (Phi) is 3.48. The quantitative estimate of drug-likeness (QED) is 0.683. The van der Waals surface area contributed by atoms with Crippen molar-refractivity contribution in [2.24, 2.45) is 7.05 Å². The summed E-state index contributed by atoms with van der Waals surface area (Å²) in [4.78, 5) is 12.6. The number of benzene rings is 2. The van der Waals surface area contributed by atoms with E-state index >= 15 is 0 Å². The largest absolute Gasteiger partial charge is 0.497 e. The van der Waals surface area contributed by atoms with Crippen LogP contribution >= 0.6 is 0 Å². The summed E-state index contributed by atoms with van der Waals surface area (Å²) in [6.07, 6.45) is 2.31. The number of para-hydroxylation sites is 1. The fourth-order valence-corrected chi connectivity index (χ4v) is 2.59. The summed E-state index contributed by atoms with van der Waals surface area (Å²) in [6, 6.07) is 15.6. The smallest absolute Gasteiger partial charge is 0.169 e. The second-order valence-electron chi connectivity index (χ2n) is 5.12. The molecule has 0 amide bonds. The maximum Gasteiger partial charge on any atom is 0.169 e. The number of aryl methyl sites for hydroxylation is 1. The third-order valence-corrected chi connectivity index (χ3v) is 3.72. The minimum Gasteiger partial charge on any atom is -0.497 e. The van der Waals surface area contributed by atoms with Gasteiger partial charge in [0.25, 0.3) is 0 Å². The van der Waals surface area contributed by atoms with Gasteiger partial charge in [-0.2, -0.15) is 0 Å². The van der Waals surface area contributed by atoms with E-state index in [-0.39, 0.29) is 5.78 Å². The van der Waals surface area contributed by atoms with Crippen LogP contribution in [0.3, 0.4) is 0 Å². The molecule has 0 bridgehead atoms. The first-order chi connectivity index (χ1) is 10.2. The second kappa shape index (κ2) is 5.44. The van der Waals surface area contributed by atoms with Gasteiger partial charge in [-0.05, 0) is 23.8 Å². The number of ketones is 1. The number of fused-ring (bicyclic) bond motifs is 1. The number of rotatable bonds is 4. The molecule has 3 rings (SSSR count). The van der Waals surface area contributed by atoms with E-state index in [0.717, 1.165) is 27.8 Å². The molecule has 0 saturated carbocycles. The van der Waals surface area contributed by atoms with Crippen molar-refractivity contribution in [3.8, 4) is 5.75 Å². The van der Waals surface area contributed by atoms with Crippen LogP contribution < -0.4 is 4.74 Å². The standard InChI is InChI=1S/C18H17NO2/c1-19-12-16(15-5-3-4-6-17(15)19)18(20)11-13-7-9-14(21-2)10-8-13/h3-10,12H,11H2,1-2H3. The molecule has 0 radical (unpaired) electrons. The van der Waals surface area contributed by atoms with Crippen molar-refractivity contribution in [2.45, 2.75) is 6.42 Å². The molecule has 0 fully saturated rings. The van der Waals surface area contributed by atoms with Crippen LogP contribution in [0.15, 0.2) is 54.7 Å². The monoisotopic (exact) mass is 279 g/mol. The van der Waals surface area contributed by atoms with Crippen LogP contribution in [0.5, 0.6) is 5.75 Å². The Morgan fingerprint density at radius 1 is 1.10 bits per heavy atom. The van der Waals surface area contributed by atoms with E-state index in [4.69, 9.17) is 4.74 Å². The van der Waals surface area contributed by atoms with Crippen LogP contribution in [0.4, 0.5) is 0 Å². The number of Topliss-reactive ketones (excluding diaryl/α,β-unsaturated/α-hetero) is 1. The zero-order valence-corrected chi connectivity index (χ0v) is 12.2. The van der Waals surface area contributed by atoms with Gasteiger partial charge in [-0.25, -0.2) is 0 Å². The molecule has 0 N–H and O–H groups in total. The molecule has 3 nitrogen and oxygen atoms in total. The number of carbonyl (C=O) groups is 1. The molecule has 0 aliphatic rings. The molecule has 3 heteroatoms. The molecule has 0 unspecified atom stereocenters. The lowest BCUT2D eigenvalue weighted by Gasteiger charge is -2.03. The Morgan fingerprint density at radius 2 is 1.81 bits per heavy atom. The van der Waals surface area contributed by atoms with Crippen molar-refractivity contribution in [2.75, 3.05) is 7.11 Å². The molecule has 0 atom stereocenters. The summed E-state index contributed by atoms with van der Waals surface area (Å²) in [6.45, 7) is 0. The van der Waals surface area contributed by atoms with Crippen molar-refractivity contribution in [1.29, 1.82) is 0 Å². The van der Waals surface area contributed by atoms with Crippen molar-refractivity contribution in [3.63, 3.8) is 0 Å². The number of carbonyl (C=O) groups excluding carboxylic acids is 1. The second-order valence-corrected chi connectivity index (χ2v) is 5.12. The first kappa shape index (κ1) is 13.4. The van der Waals surface area contributed by atoms with E-state index in [1.807, 2.05) is 66.3 Å². The Bertz CT molecular complexity index is 785. The lowest BCUT2D eigenvalue weighted by molar-refractivity contribution is 0.0994. The summed E-state index contributed by atoms with van der Waals surface area (Å²) in [7, 11) is 3.60. The molecule has 0 spiro atoms. The van der Waals surface area contributed by atoms with Crippen molar-refractivity contribution in [1.82, 2.24) is 4.57 Å². The molecular formula is C18H17NO2. The Balaban J connectivity index is 1.90. The zero-order valence-electron chi connectivity index (χ0n) is 12.2. The average Bonchev–Trinajstić information content (AvgIpc) is 2.86. The lowest BCUT2D eigenvalue weighted by Crippen LogP contribution is -2.02. The van der Waals surface area contributed by atoms with E-state index in [9.17, 15) is 4.79 Å². The van der Waals surface area contributed by atoms with Crippen LogP contribution in [0.1, 0.15) is 15.9 Å². The van der Waals surface area contributed by atoms with Crippen LogP contribution in [-0.2, 0) is 13.5 Å².